The molecule has 0 saturated carbocycles. The summed E-state index contributed by atoms with van der Waals surface area (Å²) in [6, 6.07) is 7.91. The zero-order chi connectivity index (χ0) is 13.0. The quantitative estimate of drug-likeness (QED) is 0.366. The summed E-state index contributed by atoms with van der Waals surface area (Å²) in [6.45, 7) is 0.723. The minimum Gasteiger partial charge on any atom is -0.377 e. The minimum absolute atomic E-state index is 0.0272. The van der Waals surface area contributed by atoms with E-state index in [1.807, 2.05) is 24.3 Å². The number of anilines is 1. The SMILES string of the molecule is NN=C(N)SCC(=O)N1CCSc2ccccc21. The van der Waals surface area contributed by atoms with E-state index >= 15 is 0 Å². The van der Waals surface area contributed by atoms with Crippen molar-refractivity contribution in [2.75, 3.05) is 23.0 Å². The lowest BCUT2D eigenvalue weighted by molar-refractivity contribution is -0.116. The van der Waals surface area contributed by atoms with Gasteiger partial charge in [0.15, 0.2) is 5.17 Å². The Kier molecular flexibility index (Phi) is 4.38. The minimum atomic E-state index is 0.0272. The number of hydrogen-bond acceptors (Lipinski definition) is 5. The number of benzene rings is 1. The van der Waals surface area contributed by atoms with E-state index in [0.29, 0.717) is 0 Å². The summed E-state index contributed by atoms with van der Waals surface area (Å²) < 4.78 is 0. The van der Waals surface area contributed by atoms with E-state index in [1.54, 1.807) is 16.7 Å². The van der Waals surface area contributed by atoms with Crippen LogP contribution in [0, 0.1) is 0 Å². The van der Waals surface area contributed by atoms with Crippen LogP contribution in [-0.4, -0.2) is 29.1 Å². The molecule has 0 spiro atoms. The Balaban J connectivity index is 2.08. The van der Waals surface area contributed by atoms with Gasteiger partial charge >= 0.3 is 0 Å². The average molecular weight is 282 g/mol. The molecule has 18 heavy (non-hydrogen) atoms. The first-order valence-corrected chi connectivity index (χ1v) is 7.38. The second-order valence-corrected chi connectivity index (χ2v) is 5.75. The van der Waals surface area contributed by atoms with E-state index in [1.165, 1.54) is 0 Å². The standard InChI is InChI=1S/C11H14N4OS2/c12-11(14-13)18-7-10(16)15-5-6-17-9-4-2-1-3-8(9)15/h1-4H,5-7,13H2,(H2,12,14). The Labute approximate surface area is 114 Å². The van der Waals surface area contributed by atoms with Crippen LogP contribution < -0.4 is 16.5 Å². The van der Waals surface area contributed by atoms with Crippen molar-refractivity contribution in [1.29, 1.82) is 0 Å². The number of nitrogens with two attached hydrogens (primary N) is 2. The van der Waals surface area contributed by atoms with Gasteiger partial charge in [-0.2, -0.15) is 5.10 Å². The van der Waals surface area contributed by atoms with E-state index in [2.05, 4.69) is 5.10 Å². The first-order chi connectivity index (χ1) is 8.72. The van der Waals surface area contributed by atoms with Gasteiger partial charge in [0.2, 0.25) is 5.91 Å². The maximum absolute atomic E-state index is 12.1. The van der Waals surface area contributed by atoms with Crippen molar-refractivity contribution in [3.8, 4) is 0 Å². The maximum atomic E-state index is 12.1. The van der Waals surface area contributed by atoms with Gasteiger partial charge in [0.05, 0.1) is 11.4 Å². The molecule has 0 fully saturated rings. The molecule has 0 atom stereocenters. The molecule has 1 amide bonds. The van der Waals surface area contributed by atoms with E-state index < -0.39 is 0 Å². The fourth-order valence-electron chi connectivity index (χ4n) is 1.68. The second kappa shape index (κ2) is 6.01. The Morgan fingerprint density at radius 1 is 1.50 bits per heavy atom. The number of fused-ring (bicyclic) bond motifs is 1. The van der Waals surface area contributed by atoms with Crippen molar-refractivity contribution in [3.63, 3.8) is 0 Å². The number of nitrogens with zero attached hydrogens (tertiary/aromatic N) is 2. The molecule has 1 aromatic rings. The lowest BCUT2D eigenvalue weighted by Gasteiger charge is -2.28. The van der Waals surface area contributed by atoms with Crippen molar-refractivity contribution in [2.45, 2.75) is 4.90 Å². The van der Waals surface area contributed by atoms with Gasteiger partial charge in [-0.3, -0.25) is 4.79 Å². The molecule has 96 valence electrons. The van der Waals surface area contributed by atoms with Crippen LogP contribution in [0.3, 0.4) is 0 Å². The Bertz CT molecular complexity index is 478. The topological polar surface area (TPSA) is 84.7 Å². The first-order valence-electron chi connectivity index (χ1n) is 5.40. The van der Waals surface area contributed by atoms with E-state index in [0.717, 1.165) is 34.6 Å². The molecule has 1 aliphatic rings. The fraction of sp³-hybridized carbons (Fsp3) is 0.273. The monoisotopic (exact) mass is 282 g/mol. The molecular formula is C11H14N4OS2. The van der Waals surface area contributed by atoms with Gasteiger partial charge in [-0.05, 0) is 12.1 Å². The number of carbonyl (C=O) groups is 1. The fourth-order valence-corrected chi connectivity index (χ4v) is 3.18. The van der Waals surface area contributed by atoms with Crippen LogP contribution in [0.2, 0.25) is 0 Å². The van der Waals surface area contributed by atoms with Crippen molar-refractivity contribution in [3.05, 3.63) is 24.3 Å². The van der Waals surface area contributed by atoms with Gasteiger partial charge in [0.25, 0.3) is 0 Å². The summed E-state index contributed by atoms with van der Waals surface area (Å²) in [6.07, 6.45) is 0. The molecule has 0 saturated heterocycles. The smallest absolute Gasteiger partial charge is 0.237 e. The number of hydrogen-bond donors (Lipinski definition) is 2. The predicted molar refractivity (Wildman–Crippen MR) is 77.8 cm³/mol. The van der Waals surface area contributed by atoms with Crippen LogP contribution in [-0.2, 0) is 4.79 Å². The predicted octanol–water partition coefficient (Wildman–Crippen LogP) is 1.05. The molecule has 0 radical (unpaired) electrons. The molecule has 1 aliphatic heterocycles. The molecule has 5 nitrogen and oxygen atoms in total. The molecule has 0 bridgehead atoms. The van der Waals surface area contributed by atoms with Gasteiger partial charge < -0.3 is 16.5 Å². The highest BCUT2D eigenvalue weighted by atomic mass is 32.2. The van der Waals surface area contributed by atoms with Crippen LogP contribution in [0.5, 0.6) is 0 Å². The Morgan fingerprint density at radius 3 is 3.06 bits per heavy atom. The van der Waals surface area contributed by atoms with Crippen molar-refractivity contribution >= 4 is 40.3 Å². The molecule has 1 aromatic carbocycles. The number of amidine groups is 1. The molecule has 7 heteroatoms. The first kappa shape index (κ1) is 13.1. The number of hydrazone groups is 1. The largest absolute Gasteiger partial charge is 0.377 e. The molecular weight excluding hydrogens is 268 g/mol. The van der Waals surface area contributed by atoms with Crippen LogP contribution in [0.1, 0.15) is 0 Å². The molecule has 1 heterocycles. The maximum Gasteiger partial charge on any atom is 0.237 e. The highest BCUT2D eigenvalue weighted by Crippen LogP contribution is 2.34. The third kappa shape index (κ3) is 2.91. The third-order valence-electron chi connectivity index (χ3n) is 2.50. The number of thioether (sulfide) groups is 2. The van der Waals surface area contributed by atoms with Crippen molar-refractivity contribution in [1.82, 2.24) is 0 Å². The van der Waals surface area contributed by atoms with Crippen LogP contribution >= 0.6 is 23.5 Å². The van der Waals surface area contributed by atoms with Crippen LogP contribution in [0.25, 0.3) is 0 Å². The van der Waals surface area contributed by atoms with Crippen LogP contribution in [0.15, 0.2) is 34.3 Å². The van der Waals surface area contributed by atoms with Gasteiger partial charge in [-0.15, -0.1) is 11.8 Å². The zero-order valence-corrected chi connectivity index (χ0v) is 11.3. The highest BCUT2D eigenvalue weighted by Gasteiger charge is 2.22. The van der Waals surface area contributed by atoms with Crippen molar-refractivity contribution < 1.29 is 4.79 Å². The normalized spacial score (nSPS) is 15.3. The number of carbonyl (C=O) groups excluding carboxylic acids is 1. The van der Waals surface area contributed by atoms with Gasteiger partial charge in [0, 0.05) is 17.2 Å². The summed E-state index contributed by atoms with van der Waals surface area (Å²) in [5.74, 6) is 6.22. The van der Waals surface area contributed by atoms with Gasteiger partial charge in [-0.25, -0.2) is 0 Å². The summed E-state index contributed by atoms with van der Waals surface area (Å²) in [5, 5.41) is 3.56. The average Bonchev–Trinajstić information content (AvgIpc) is 2.43. The Morgan fingerprint density at radius 2 is 2.28 bits per heavy atom. The Hall–Kier alpha value is -1.34. The second-order valence-electron chi connectivity index (χ2n) is 3.62. The van der Waals surface area contributed by atoms with E-state index in [-0.39, 0.29) is 16.8 Å². The highest BCUT2D eigenvalue weighted by molar-refractivity contribution is 8.14. The van der Waals surface area contributed by atoms with Gasteiger partial charge in [-0.1, -0.05) is 23.9 Å². The summed E-state index contributed by atoms with van der Waals surface area (Å²) in [7, 11) is 0. The zero-order valence-electron chi connectivity index (χ0n) is 9.70. The van der Waals surface area contributed by atoms with E-state index in [9.17, 15) is 4.79 Å². The summed E-state index contributed by atoms with van der Waals surface area (Å²) >= 11 is 2.93. The lowest BCUT2D eigenvalue weighted by Crippen LogP contribution is -2.37. The molecule has 0 unspecified atom stereocenters. The van der Waals surface area contributed by atoms with Crippen LogP contribution in [0.4, 0.5) is 5.69 Å². The van der Waals surface area contributed by atoms with Crippen molar-refractivity contribution in [2.24, 2.45) is 16.7 Å². The third-order valence-corrected chi connectivity index (χ3v) is 4.34. The number of rotatable bonds is 2. The molecule has 0 aromatic heterocycles. The van der Waals surface area contributed by atoms with E-state index in [4.69, 9.17) is 11.6 Å². The number of amides is 1. The lowest BCUT2D eigenvalue weighted by atomic mass is 10.3. The molecule has 0 aliphatic carbocycles. The summed E-state index contributed by atoms with van der Waals surface area (Å²) in [4.78, 5) is 15.1. The molecule has 2 rings (SSSR count). The molecule has 4 N–H and O–H groups in total. The summed E-state index contributed by atoms with van der Waals surface area (Å²) in [5.41, 5.74) is 6.43. The van der Waals surface area contributed by atoms with Gasteiger partial charge in [0.1, 0.15) is 0 Å². The number of para-hydroxylation sites is 1.